The van der Waals surface area contributed by atoms with Gasteiger partial charge in [0.2, 0.25) is 0 Å². The number of benzene rings is 3. The van der Waals surface area contributed by atoms with Gasteiger partial charge in [0.25, 0.3) is 0 Å². The molecule has 0 bridgehead atoms. The summed E-state index contributed by atoms with van der Waals surface area (Å²) in [6.07, 6.45) is 7.95. The van der Waals surface area contributed by atoms with Gasteiger partial charge in [-0.05, 0) is 53.8 Å². The van der Waals surface area contributed by atoms with Crippen LogP contribution < -0.4 is 4.90 Å². The molecule has 4 rings (SSSR count). The van der Waals surface area contributed by atoms with Gasteiger partial charge in [0.15, 0.2) is 0 Å². The second-order valence-corrected chi connectivity index (χ2v) is 6.78. The lowest BCUT2D eigenvalue weighted by molar-refractivity contribution is 0.728. The average Bonchev–Trinajstić information content (AvgIpc) is 2.72. The fourth-order valence-electron chi connectivity index (χ4n) is 3.34. The van der Waals surface area contributed by atoms with Crippen LogP contribution in [-0.2, 0) is 0 Å². The molecule has 0 saturated carbocycles. The van der Waals surface area contributed by atoms with E-state index in [0.29, 0.717) is 5.92 Å². The summed E-state index contributed by atoms with van der Waals surface area (Å²) in [6, 6.07) is 29.9. The molecule has 26 heavy (non-hydrogen) atoms. The van der Waals surface area contributed by atoms with Crippen LogP contribution in [0.15, 0.2) is 109 Å². The Hall–Kier alpha value is -3.06. The van der Waals surface area contributed by atoms with Gasteiger partial charge in [0, 0.05) is 17.1 Å². The summed E-state index contributed by atoms with van der Waals surface area (Å²) in [6.45, 7) is 2.26. The molecular weight excluding hydrogens is 314 g/mol. The van der Waals surface area contributed by atoms with E-state index in [1.165, 1.54) is 28.2 Å². The number of nitrogens with zero attached hydrogens (tertiary/aromatic N) is 1. The molecule has 0 heterocycles. The lowest BCUT2D eigenvalue weighted by Gasteiger charge is -2.28. The van der Waals surface area contributed by atoms with Crippen molar-refractivity contribution in [3.63, 3.8) is 0 Å². The summed E-state index contributed by atoms with van der Waals surface area (Å²) < 4.78 is 0. The van der Waals surface area contributed by atoms with E-state index in [2.05, 4.69) is 115 Å². The lowest BCUT2D eigenvalue weighted by Crippen LogP contribution is -2.17. The molecule has 0 spiro atoms. The van der Waals surface area contributed by atoms with Crippen LogP contribution in [0.5, 0.6) is 0 Å². The third-order valence-electron chi connectivity index (χ3n) is 4.80. The summed E-state index contributed by atoms with van der Waals surface area (Å²) in [7, 11) is 0. The number of anilines is 2. The predicted molar refractivity (Wildman–Crippen MR) is 111 cm³/mol. The first-order valence-electron chi connectivity index (χ1n) is 9.20. The van der Waals surface area contributed by atoms with Crippen molar-refractivity contribution in [3.05, 3.63) is 109 Å². The van der Waals surface area contributed by atoms with E-state index in [0.717, 1.165) is 6.42 Å². The highest BCUT2D eigenvalue weighted by Crippen LogP contribution is 2.33. The summed E-state index contributed by atoms with van der Waals surface area (Å²) in [4.78, 5) is 2.33. The molecule has 3 aromatic carbocycles. The molecule has 1 heteroatoms. The molecule has 1 aliphatic carbocycles. The lowest BCUT2D eigenvalue weighted by atomic mass is 10.00. The highest BCUT2D eigenvalue weighted by molar-refractivity contribution is 5.73. The molecule has 0 aliphatic heterocycles. The van der Waals surface area contributed by atoms with Gasteiger partial charge < -0.3 is 4.90 Å². The Labute approximate surface area is 155 Å². The first kappa shape index (κ1) is 16.4. The summed E-state index contributed by atoms with van der Waals surface area (Å²) in [5.74, 6) is 0.608. The highest BCUT2D eigenvalue weighted by atomic mass is 15.1. The van der Waals surface area contributed by atoms with E-state index in [4.69, 9.17) is 0 Å². The molecule has 1 unspecified atom stereocenters. The molecule has 0 fully saturated rings. The number of rotatable bonds is 4. The van der Waals surface area contributed by atoms with Gasteiger partial charge in [-0.3, -0.25) is 0 Å². The number of hydrogen-bond donors (Lipinski definition) is 0. The Morgan fingerprint density at radius 1 is 0.692 bits per heavy atom. The van der Waals surface area contributed by atoms with Gasteiger partial charge in [-0.15, -0.1) is 0 Å². The Bertz CT molecular complexity index is 905. The molecular formula is C25H23N. The third kappa shape index (κ3) is 3.48. The summed E-state index contributed by atoms with van der Waals surface area (Å²) in [5, 5.41) is 0. The zero-order chi connectivity index (χ0) is 17.8. The molecule has 0 aromatic heterocycles. The normalized spacial score (nSPS) is 16.2. The Morgan fingerprint density at radius 3 is 1.88 bits per heavy atom. The van der Waals surface area contributed by atoms with E-state index < -0.39 is 0 Å². The first-order chi connectivity index (χ1) is 12.8. The topological polar surface area (TPSA) is 3.24 Å². The third-order valence-corrected chi connectivity index (χ3v) is 4.80. The standard InChI is InChI=1S/C25H23N/c1-20-12-16-24(17-13-20)26(23-10-6-3-7-11-23)25-18-14-22(15-19-25)21-8-4-2-5-9-21/h2-12,14-20H,13H2,1H3. The smallest absolute Gasteiger partial charge is 0.0461 e. The van der Waals surface area contributed by atoms with Crippen LogP contribution in [0, 0.1) is 5.92 Å². The monoisotopic (exact) mass is 337 g/mol. The maximum Gasteiger partial charge on any atom is 0.0461 e. The number of allylic oxidation sites excluding steroid dienone is 3. The molecule has 1 nitrogen and oxygen atoms in total. The van der Waals surface area contributed by atoms with E-state index >= 15 is 0 Å². The van der Waals surface area contributed by atoms with E-state index in [9.17, 15) is 0 Å². The molecule has 0 amide bonds. The van der Waals surface area contributed by atoms with Crippen LogP contribution >= 0.6 is 0 Å². The summed E-state index contributed by atoms with van der Waals surface area (Å²) in [5.41, 5.74) is 6.09. The minimum absolute atomic E-state index is 0.608. The van der Waals surface area contributed by atoms with Crippen LogP contribution in [0.1, 0.15) is 13.3 Å². The largest absolute Gasteiger partial charge is 0.311 e. The molecule has 1 atom stereocenters. The van der Waals surface area contributed by atoms with Gasteiger partial charge in [0.1, 0.15) is 0 Å². The maximum atomic E-state index is 2.34. The fraction of sp³-hybridized carbons (Fsp3) is 0.120. The predicted octanol–water partition coefficient (Wildman–Crippen LogP) is 6.97. The minimum Gasteiger partial charge on any atom is -0.311 e. The zero-order valence-electron chi connectivity index (χ0n) is 15.0. The average molecular weight is 337 g/mol. The SMILES string of the molecule is CC1C=CC(N(c2ccccc2)c2ccc(-c3ccccc3)cc2)=CC1. The van der Waals surface area contributed by atoms with Gasteiger partial charge in [0.05, 0.1) is 0 Å². The quantitative estimate of drug-likeness (QED) is 0.497. The van der Waals surface area contributed by atoms with Crippen LogP contribution in [0.4, 0.5) is 11.4 Å². The second-order valence-electron chi connectivity index (χ2n) is 6.78. The van der Waals surface area contributed by atoms with E-state index in [-0.39, 0.29) is 0 Å². The molecule has 128 valence electrons. The number of para-hydroxylation sites is 1. The Kier molecular flexibility index (Phi) is 4.70. The van der Waals surface area contributed by atoms with Crippen molar-refractivity contribution in [1.82, 2.24) is 0 Å². The van der Waals surface area contributed by atoms with Crippen LogP contribution in [-0.4, -0.2) is 0 Å². The van der Waals surface area contributed by atoms with Gasteiger partial charge in [-0.25, -0.2) is 0 Å². The van der Waals surface area contributed by atoms with Gasteiger partial charge in [-0.2, -0.15) is 0 Å². The Morgan fingerprint density at radius 2 is 1.27 bits per heavy atom. The van der Waals surface area contributed by atoms with Crippen molar-refractivity contribution >= 4 is 11.4 Å². The van der Waals surface area contributed by atoms with Crippen molar-refractivity contribution in [1.29, 1.82) is 0 Å². The van der Waals surface area contributed by atoms with Crippen LogP contribution in [0.25, 0.3) is 11.1 Å². The number of hydrogen-bond acceptors (Lipinski definition) is 1. The summed E-state index contributed by atoms with van der Waals surface area (Å²) >= 11 is 0. The molecule has 1 aliphatic rings. The van der Waals surface area contributed by atoms with Crippen LogP contribution in [0.3, 0.4) is 0 Å². The van der Waals surface area contributed by atoms with Crippen LogP contribution in [0.2, 0.25) is 0 Å². The van der Waals surface area contributed by atoms with Crippen molar-refractivity contribution in [2.75, 3.05) is 4.90 Å². The van der Waals surface area contributed by atoms with Crippen molar-refractivity contribution < 1.29 is 0 Å². The highest BCUT2D eigenvalue weighted by Gasteiger charge is 2.15. The van der Waals surface area contributed by atoms with Crippen molar-refractivity contribution in [2.45, 2.75) is 13.3 Å². The molecule has 0 saturated heterocycles. The molecule has 0 N–H and O–H groups in total. The molecule has 0 radical (unpaired) electrons. The fourth-order valence-corrected chi connectivity index (χ4v) is 3.34. The molecule has 3 aromatic rings. The minimum atomic E-state index is 0.608. The maximum absolute atomic E-state index is 2.34. The van der Waals surface area contributed by atoms with Crippen molar-refractivity contribution in [3.8, 4) is 11.1 Å². The zero-order valence-corrected chi connectivity index (χ0v) is 15.0. The second kappa shape index (κ2) is 7.45. The Balaban J connectivity index is 1.72. The van der Waals surface area contributed by atoms with Crippen molar-refractivity contribution in [2.24, 2.45) is 5.92 Å². The van der Waals surface area contributed by atoms with Gasteiger partial charge >= 0.3 is 0 Å². The van der Waals surface area contributed by atoms with E-state index in [1.807, 2.05) is 0 Å². The first-order valence-corrected chi connectivity index (χ1v) is 9.20. The van der Waals surface area contributed by atoms with Gasteiger partial charge in [-0.1, -0.05) is 79.7 Å². The van der Waals surface area contributed by atoms with E-state index in [1.54, 1.807) is 0 Å².